The summed E-state index contributed by atoms with van der Waals surface area (Å²) in [6, 6.07) is 13.3. The second kappa shape index (κ2) is 7.40. The second-order valence-electron chi connectivity index (χ2n) is 10.3. The molecule has 0 radical (unpaired) electrons. The number of carbonyl (C=O) groups is 1. The highest BCUT2D eigenvalue weighted by molar-refractivity contribution is 5.92. The van der Waals surface area contributed by atoms with Gasteiger partial charge in [0.2, 0.25) is 11.8 Å². The molecule has 33 heavy (non-hydrogen) atoms. The standard InChI is InChI=1S/C26H28N4O3/c1-16-5-3-8-21(27-16)22(31)28-26-13-17-9-18(14-26)12-25(11-17,15-26)24-30-29-23(33-24)19-6-4-7-20(10-19)32-2/h3-8,10,17-18H,9,11-15H2,1-2H3,(H,28,31). The van der Waals surface area contributed by atoms with Gasteiger partial charge in [0.1, 0.15) is 11.4 Å². The fourth-order valence-electron chi connectivity index (χ4n) is 6.94. The molecule has 2 aromatic heterocycles. The number of rotatable bonds is 5. The maximum Gasteiger partial charge on any atom is 0.270 e. The molecule has 4 bridgehead atoms. The van der Waals surface area contributed by atoms with Crippen LogP contribution in [0.25, 0.3) is 11.5 Å². The molecule has 1 amide bonds. The van der Waals surface area contributed by atoms with Crippen molar-refractivity contribution < 1.29 is 13.9 Å². The highest BCUT2D eigenvalue weighted by Gasteiger charge is 2.60. The molecular formula is C26H28N4O3. The van der Waals surface area contributed by atoms with Crippen molar-refractivity contribution in [1.82, 2.24) is 20.5 Å². The zero-order chi connectivity index (χ0) is 22.6. The molecule has 170 valence electrons. The van der Waals surface area contributed by atoms with Gasteiger partial charge >= 0.3 is 0 Å². The molecule has 4 saturated carbocycles. The van der Waals surface area contributed by atoms with E-state index in [2.05, 4.69) is 20.5 Å². The Morgan fingerprint density at radius 1 is 1.09 bits per heavy atom. The molecule has 7 rings (SSSR count). The van der Waals surface area contributed by atoms with Crippen LogP contribution in [0.2, 0.25) is 0 Å². The zero-order valence-corrected chi connectivity index (χ0v) is 19.0. The first kappa shape index (κ1) is 20.4. The number of benzene rings is 1. The molecule has 0 spiro atoms. The summed E-state index contributed by atoms with van der Waals surface area (Å²) < 4.78 is 11.6. The van der Waals surface area contributed by atoms with E-state index in [9.17, 15) is 4.79 Å². The minimum Gasteiger partial charge on any atom is -0.497 e. The van der Waals surface area contributed by atoms with E-state index in [1.807, 2.05) is 43.3 Å². The Balaban J connectivity index is 1.30. The fraction of sp³-hybridized carbons (Fsp3) is 0.462. The largest absolute Gasteiger partial charge is 0.497 e. The molecule has 4 aliphatic rings. The number of nitrogens with one attached hydrogen (secondary N) is 1. The Labute approximate surface area is 193 Å². The summed E-state index contributed by atoms with van der Waals surface area (Å²) in [6.07, 6.45) is 6.18. The first-order valence-corrected chi connectivity index (χ1v) is 11.7. The van der Waals surface area contributed by atoms with Crippen molar-refractivity contribution in [3.05, 3.63) is 59.7 Å². The maximum atomic E-state index is 13.1. The van der Waals surface area contributed by atoms with Crippen LogP contribution in [0.3, 0.4) is 0 Å². The predicted octanol–water partition coefficient (Wildman–Crippen LogP) is 4.47. The van der Waals surface area contributed by atoms with Gasteiger partial charge in [-0.05, 0) is 87.6 Å². The molecule has 0 aliphatic heterocycles. The van der Waals surface area contributed by atoms with Gasteiger partial charge < -0.3 is 14.5 Å². The van der Waals surface area contributed by atoms with Gasteiger partial charge in [0.25, 0.3) is 5.91 Å². The van der Waals surface area contributed by atoms with Crippen molar-refractivity contribution in [2.45, 2.75) is 56.4 Å². The molecule has 7 heteroatoms. The molecule has 7 nitrogen and oxygen atoms in total. The molecular weight excluding hydrogens is 416 g/mol. The maximum absolute atomic E-state index is 13.1. The summed E-state index contributed by atoms with van der Waals surface area (Å²) in [5.41, 5.74) is 1.77. The van der Waals surface area contributed by atoms with E-state index in [0.29, 0.717) is 29.3 Å². The van der Waals surface area contributed by atoms with E-state index in [1.165, 1.54) is 6.42 Å². The quantitative estimate of drug-likeness (QED) is 0.625. The fourth-order valence-corrected chi connectivity index (χ4v) is 6.94. The lowest BCUT2D eigenvalue weighted by Crippen LogP contribution is -2.64. The van der Waals surface area contributed by atoms with Crippen LogP contribution in [0, 0.1) is 18.8 Å². The van der Waals surface area contributed by atoms with E-state index in [4.69, 9.17) is 9.15 Å². The summed E-state index contributed by atoms with van der Waals surface area (Å²) in [4.78, 5) is 17.6. The summed E-state index contributed by atoms with van der Waals surface area (Å²) >= 11 is 0. The first-order chi connectivity index (χ1) is 16.0. The lowest BCUT2D eigenvalue weighted by Gasteiger charge is -2.60. The second-order valence-corrected chi connectivity index (χ2v) is 10.3. The third-order valence-corrected chi connectivity index (χ3v) is 7.76. The summed E-state index contributed by atoms with van der Waals surface area (Å²) in [7, 11) is 1.65. The van der Waals surface area contributed by atoms with Crippen molar-refractivity contribution in [2.24, 2.45) is 11.8 Å². The van der Waals surface area contributed by atoms with Crippen LogP contribution in [-0.4, -0.2) is 33.7 Å². The van der Waals surface area contributed by atoms with E-state index in [0.717, 1.165) is 49.1 Å². The third kappa shape index (κ3) is 3.50. The highest BCUT2D eigenvalue weighted by atomic mass is 16.5. The monoisotopic (exact) mass is 444 g/mol. The van der Waals surface area contributed by atoms with E-state index in [1.54, 1.807) is 13.2 Å². The first-order valence-electron chi connectivity index (χ1n) is 11.7. The van der Waals surface area contributed by atoms with E-state index in [-0.39, 0.29) is 16.9 Å². The summed E-state index contributed by atoms with van der Waals surface area (Å²) in [6.45, 7) is 1.91. The Morgan fingerprint density at radius 3 is 2.64 bits per heavy atom. The van der Waals surface area contributed by atoms with Crippen molar-refractivity contribution in [1.29, 1.82) is 0 Å². The number of aromatic nitrogens is 3. The SMILES string of the molecule is COc1cccc(-c2nnc(C34CC5CC(CC(NC(=O)c6cccc(C)n6)(C5)C3)C4)o2)c1. The van der Waals surface area contributed by atoms with Crippen LogP contribution < -0.4 is 10.1 Å². The molecule has 1 aromatic carbocycles. The van der Waals surface area contributed by atoms with Gasteiger partial charge in [0.15, 0.2) is 0 Å². The van der Waals surface area contributed by atoms with E-state index < -0.39 is 0 Å². The number of hydrogen-bond donors (Lipinski definition) is 1. The Bertz CT molecular complexity index is 1210. The van der Waals surface area contributed by atoms with Gasteiger partial charge in [-0.15, -0.1) is 10.2 Å². The predicted molar refractivity (Wildman–Crippen MR) is 122 cm³/mol. The van der Waals surface area contributed by atoms with Crippen LogP contribution in [0.5, 0.6) is 5.75 Å². The van der Waals surface area contributed by atoms with Crippen LogP contribution in [0.4, 0.5) is 0 Å². The molecule has 2 unspecified atom stereocenters. The summed E-state index contributed by atoms with van der Waals surface area (Å²) in [5.74, 6) is 3.02. The lowest BCUT2D eigenvalue weighted by molar-refractivity contribution is -0.0471. The van der Waals surface area contributed by atoms with E-state index >= 15 is 0 Å². The average Bonchev–Trinajstić information content (AvgIpc) is 3.29. The Hall–Kier alpha value is -3.22. The highest BCUT2D eigenvalue weighted by Crippen LogP contribution is 2.62. The molecule has 2 atom stereocenters. The van der Waals surface area contributed by atoms with Crippen molar-refractivity contribution in [3.63, 3.8) is 0 Å². The molecule has 4 aliphatic carbocycles. The Kier molecular flexibility index (Phi) is 4.57. The van der Waals surface area contributed by atoms with Crippen LogP contribution >= 0.6 is 0 Å². The summed E-state index contributed by atoms with van der Waals surface area (Å²) in [5, 5.41) is 12.3. The molecule has 1 N–H and O–H groups in total. The topological polar surface area (TPSA) is 90.1 Å². The number of amides is 1. The van der Waals surface area contributed by atoms with Gasteiger partial charge in [-0.1, -0.05) is 12.1 Å². The Morgan fingerprint density at radius 2 is 1.88 bits per heavy atom. The lowest BCUT2D eigenvalue weighted by atomic mass is 9.46. The molecule has 4 fully saturated rings. The van der Waals surface area contributed by atoms with Crippen molar-refractivity contribution >= 4 is 5.91 Å². The van der Waals surface area contributed by atoms with Crippen molar-refractivity contribution in [3.8, 4) is 17.2 Å². The number of hydrogen-bond acceptors (Lipinski definition) is 6. The number of methoxy groups -OCH3 is 1. The number of ether oxygens (including phenoxy) is 1. The minimum absolute atomic E-state index is 0.0848. The van der Waals surface area contributed by atoms with Crippen molar-refractivity contribution in [2.75, 3.05) is 7.11 Å². The number of pyridine rings is 1. The zero-order valence-electron chi connectivity index (χ0n) is 19.0. The average molecular weight is 445 g/mol. The van der Waals surface area contributed by atoms with Crippen LogP contribution in [-0.2, 0) is 5.41 Å². The van der Waals surface area contributed by atoms with Gasteiger partial charge in [0.05, 0.1) is 12.5 Å². The van der Waals surface area contributed by atoms with Gasteiger partial charge in [-0.25, -0.2) is 4.98 Å². The molecule has 0 saturated heterocycles. The van der Waals surface area contributed by atoms with Crippen LogP contribution in [0.1, 0.15) is 60.6 Å². The van der Waals surface area contributed by atoms with Crippen LogP contribution in [0.15, 0.2) is 46.9 Å². The molecule has 2 heterocycles. The van der Waals surface area contributed by atoms with Gasteiger partial charge in [-0.2, -0.15) is 0 Å². The normalized spacial score (nSPS) is 29.8. The van der Waals surface area contributed by atoms with Gasteiger partial charge in [0, 0.05) is 16.8 Å². The number of carbonyl (C=O) groups excluding carboxylic acids is 1. The van der Waals surface area contributed by atoms with Gasteiger partial charge in [-0.3, -0.25) is 4.79 Å². The molecule has 3 aromatic rings. The third-order valence-electron chi connectivity index (χ3n) is 7.76. The minimum atomic E-state index is -0.239. The number of aryl methyl sites for hydroxylation is 1. The number of nitrogens with zero attached hydrogens (tertiary/aromatic N) is 3. The smallest absolute Gasteiger partial charge is 0.270 e.